The first-order chi connectivity index (χ1) is 13.1. The van der Waals surface area contributed by atoms with Crippen LogP contribution in [-0.2, 0) is 17.9 Å². The number of nitrogens with zero attached hydrogens (tertiary/aromatic N) is 1. The number of benzene rings is 1. The van der Waals surface area contributed by atoms with Crippen LogP contribution in [0.4, 0.5) is 0 Å². The van der Waals surface area contributed by atoms with E-state index in [0.29, 0.717) is 19.2 Å². The maximum Gasteiger partial charge on any atom is 0.237 e. The molecule has 146 valence electrons. The fourth-order valence-electron chi connectivity index (χ4n) is 2.95. The molecule has 1 fully saturated rings. The summed E-state index contributed by atoms with van der Waals surface area (Å²) in [5.74, 6) is 1.56. The smallest absolute Gasteiger partial charge is 0.237 e. The summed E-state index contributed by atoms with van der Waals surface area (Å²) in [4.78, 5) is 15.7. The number of rotatable bonds is 10. The van der Waals surface area contributed by atoms with Crippen molar-refractivity contribution in [3.63, 3.8) is 0 Å². The van der Waals surface area contributed by atoms with E-state index < -0.39 is 0 Å². The molecule has 27 heavy (non-hydrogen) atoms. The second-order valence-electron chi connectivity index (χ2n) is 6.88. The molecule has 2 aromatic rings. The topological polar surface area (TPSA) is 50.8 Å². The van der Waals surface area contributed by atoms with Crippen molar-refractivity contribution >= 4 is 17.2 Å². The van der Waals surface area contributed by atoms with Crippen LogP contribution in [0.15, 0.2) is 35.7 Å². The van der Waals surface area contributed by atoms with Gasteiger partial charge in [-0.05, 0) is 55.5 Å². The van der Waals surface area contributed by atoms with Crippen molar-refractivity contribution in [3.8, 4) is 11.5 Å². The molecule has 6 heteroatoms. The Morgan fingerprint density at radius 2 is 2.15 bits per heavy atom. The van der Waals surface area contributed by atoms with Gasteiger partial charge in [-0.3, -0.25) is 9.69 Å². The van der Waals surface area contributed by atoms with Gasteiger partial charge in [0.15, 0.2) is 11.5 Å². The van der Waals surface area contributed by atoms with Crippen molar-refractivity contribution in [3.05, 3.63) is 46.2 Å². The molecule has 3 rings (SSSR count). The Morgan fingerprint density at radius 1 is 1.33 bits per heavy atom. The second kappa shape index (κ2) is 9.24. The highest BCUT2D eigenvalue weighted by atomic mass is 32.1. The normalized spacial score (nSPS) is 14.8. The summed E-state index contributed by atoms with van der Waals surface area (Å²) < 4.78 is 11.4. The van der Waals surface area contributed by atoms with Crippen molar-refractivity contribution in [1.82, 2.24) is 10.2 Å². The molecule has 0 radical (unpaired) electrons. The number of carbonyl (C=O) groups is 1. The van der Waals surface area contributed by atoms with E-state index in [-0.39, 0.29) is 11.9 Å². The first-order valence-corrected chi connectivity index (χ1v) is 10.3. The van der Waals surface area contributed by atoms with Crippen LogP contribution in [0.1, 0.15) is 37.1 Å². The van der Waals surface area contributed by atoms with Crippen LogP contribution in [0.5, 0.6) is 11.5 Å². The number of hydrogen-bond acceptors (Lipinski definition) is 5. The molecule has 1 N–H and O–H groups in total. The largest absolute Gasteiger partial charge is 0.493 e. The third-order valence-electron chi connectivity index (χ3n) is 4.82. The molecule has 0 aliphatic heterocycles. The molecule has 0 unspecified atom stereocenters. The minimum atomic E-state index is -0.156. The monoisotopic (exact) mass is 388 g/mol. The molecule has 1 aliphatic carbocycles. The van der Waals surface area contributed by atoms with Gasteiger partial charge in [0.1, 0.15) is 6.61 Å². The van der Waals surface area contributed by atoms with Crippen LogP contribution >= 0.6 is 11.3 Å². The van der Waals surface area contributed by atoms with Crippen LogP contribution in [0, 0.1) is 0 Å². The number of likely N-dealkylation sites (N-methyl/N-ethyl adjacent to an activating group) is 1. The SMILES string of the molecule is CCN(Cc1ccc(OCc2cccs2)c(OC)c1)[C@@H](C)C(=O)NC1CC1. The second-order valence-corrected chi connectivity index (χ2v) is 7.91. The van der Waals surface area contributed by atoms with E-state index in [1.54, 1.807) is 18.4 Å². The summed E-state index contributed by atoms with van der Waals surface area (Å²) in [6, 6.07) is 10.3. The van der Waals surface area contributed by atoms with Crippen molar-refractivity contribution in [2.75, 3.05) is 13.7 Å². The Kier molecular flexibility index (Phi) is 6.74. The number of ether oxygens (including phenoxy) is 2. The van der Waals surface area contributed by atoms with Gasteiger partial charge in [0.25, 0.3) is 0 Å². The van der Waals surface area contributed by atoms with Gasteiger partial charge in [-0.2, -0.15) is 0 Å². The standard InChI is InChI=1S/C21H28N2O3S/c1-4-23(15(2)21(24)22-17-8-9-17)13-16-7-10-19(20(12-16)25-3)26-14-18-6-5-11-27-18/h5-7,10-12,15,17H,4,8-9,13-14H2,1-3H3,(H,22,24)/t15-/m0/s1. The van der Waals surface area contributed by atoms with Crippen LogP contribution < -0.4 is 14.8 Å². The lowest BCUT2D eigenvalue weighted by Gasteiger charge is -2.27. The number of hydrogen-bond donors (Lipinski definition) is 1. The van der Waals surface area contributed by atoms with Crippen LogP contribution in [-0.4, -0.2) is 36.5 Å². The fraction of sp³-hybridized carbons (Fsp3) is 0.476. The Morgan fingerprint density at radius 3 is 2.78 bits per heavy atom. The quantitative estimate of drug-likeness (QED) is 0.672. The van der Waals surface area contributed by atoms with Gasteiger partial charge in [-0.25, -0.2) is 0 Å². The van der Waals surface area contributed by atoms with Gasteiger partial charge in [-0.15, -0.1) is 11.3 Å². The van der Waals surface area contributed by atoms with Crippen LogP contribution in [0.25, 0.3) is 0 Å². The zero-order chi connectivity index (χ0) is 19.2. The minimum absolute atomic E-state index is 0.113. The van der Waals surface area contributed by atoms with Crippen LogP contribution in [0.2, 0.25) is 0 Å². The highest BCUT2D eigenvalue weighted by molar-refractivity contribution is 7.09. The van der Waals surface area contributed by atoms with Crippen molar-refractivity contribution in [1.29, 1.82) is 0 Å². The molecule has 1 aromatic heterocycles. The summed E-state index contributed by atoms with van der Waals surface area (Å²) in [5.41, 5.74) is 1.10. The Bertz CT molecular complexity index is 744. The predicted molar refractivity (Wildman–Crippen MR) is 108 cm³/mol. The molecule has 0 spiro atoms. The van der Waals surface area contributed by atoms with Gasteiger partial charge in [-0.1, -0.05) is 19.1 Å². The Balaban J connectivity index is 1.63. The zero-order valence-corrected chi connectivity index (χ0v) is 17.1. The summed E-state index contributed by atoms with van der Waals surface area (Å²) in [5, 5.41) is 5.13. The Hall–Kier alpha value is -2.05. The molecule has 1 aliphatic rings. The lowest BCUT2D eigenvalue weighted by molar-refractivity contribution is -0.126. The van der Waals surface area contributed by atoms with Crippen molar-refractivity contribution in [2.45, 2.75) is 51.9 Å². The van der Waals surface area contributed by atoms with Gasteiger partial charge < -0.3 is 14.8 Å². The fourth-order valence-corrected chi connectivity index (χ4v) is 3.56. The number of nitrogens with one attached hydrogen (secondary N) is 1. The van der Waals surface area contributed by atoms with E-state index in [0.717, 1.165) is 36.4 Å². The third kappa shape index (κ3) is 5.47. The van der Waals surface area contributed by atoms with E-state index in [9.17, 15) is 4.79 Å². The minimum Gasteiger partial charge on any atom is -0.493 e. The van der Waals surface area contributed by atoms with Gasteiger partial charge >= 0.3 is 0 Å². The lowest BCUT2D eigenvalue weighted by Crippen LogP contribution is -2.45. The molecule has 0 bridgehead atoms. The molecular weight excluding hydrogens is 360 g/mol. The van der Waals surface area contributed by atoms with Gasteiger partial charge in [0.2, 0.25) is 5.91 Å². The van der Waals surface area contributed by atoms with E-state index in [2.05, 4.69) is 23.2 Å². The number of carbonyl (C=O) groups excluding carboxylic acids is 1. The summed E-state index contributed by atoms with van der Waals surface area (Å²) in [6.45, 7) is 6.08. The molecule has 1 amide bonds. The lowest BCUT2D eigenvalue weighted by atomic mass is 10.1. The molecule has 5 nitrogen and oxygen atoms in total. The third-order valence-corrected chi connectivity index (χ3v) is 5.67. The first-order valence-electron chi connectivity index (χ1n) is 9.47. The molecule has 0 saturated heterocycles. The summed E-state index contributed by atoms with van der Waals surface area (Å²) >= 11 is 1.67. The predicted octanol–water partition coefficient (Wildman–Crippen LogP) is 3.82. The highest BCUT2D eigenvalue weighted by Gasteiger charge is 2.28. The highest BCUT2D eigenvalue weighted by Crippen LogP contribution is 2.30. The molecule has 1 heterocycles. The zero-order valence-electron chi connectivity index (χ0n) is 16.2. The number of thiophene rings is 1. The molecule has 1 aromatic carbocycles. The maximum absolute atomic E-state index is 12.4. The van der Waals surface area contributed by atoms with Gasteiger partial charge in [0, 0.05) is 17.5 Å². The summed E-state index contributed by atoms with van der Waals surface area (Å²) in [6.07, 6.45) is 2.21. The van der Waals surface area contributed by atoms with Gasteiger partial charge in [0.05, 0.1) is 13.2 Å². The summed E-state index contributed by atoms with van der Waals surface area (Å²) in [7, 11) is 1.65. The van der Waals surface area contributed by atoms with Crippen LogP contribution in [0.3, 0.4) is 0 Å². The number of methoxy groups -OCH3 is 1. The van der Waals surface area contributed by atoms with Crippen molar-refractivity contribution < 1.29 is 14.3 Å². The van der Waals surface area contributed by atoms with Crippen molar-refractivity contribution in [2.24, 2.45) is 0 Å². The van der Waals surface area contributed by atoms with E-state index in [1.807, 2.05) is 36.6 Å². The van der Waals surface area contributed by atoms with E-state index in [4.69, 9.17) is 9.47 Å². The maximum atomic E-state index is 12.4. The van der Waals surface area contributed by atoms with E-state index >= 15 is 0 Å². The average Bonchev–Trinajstić information content (AvgIpc) is 3.34. The molecule has 1 atom stereocenters. The Labute approximate surface area is 165 Å². The molecular formula is C21H28N2O3S. The average molecular weight is 389 g/mol. The van der Waals surface area contributed by atoms with E-state index in [1.165, 1.54) is 4.88 Å². The number of amides is 1. The first kappa shape index (κ1) is 19.7. The molecule has 1 saturated carbocycles.